The van der Waals surface area contributed by atoms with Crippen molar-refractivity contribution in [3.63, 3.8) is 0 Å². The number of phenols is 1. The van der Waals surface area contributed by atoms with E-state index in [0.29, 0.717) is 22.3 Å². The Kier molecular flexibility index (Phi) is 9.43. The number of phenolic OH excluding ortho intramolecular Hbond substituents is 1. The molecular formula is C35H26O11. The molecule has 2 aromatic heterocycles. The van der Waals surface area contributed by atoms with Crippen molar-refractivity contribution in [1.29, 1.82) is 0 Å². The van der Waals surface area contributed by atoms with Crippen molar-refractivity contribution in [2.75, 3.05) is 6.61 Å². The molecule has 46 heavy (non-hydrogen) atoms. The number of carboxylic acid groups (broad SMARTS) is 1. The lowest BCUT2D eigenvalue weighted by Crippen LogP contribution is -2.16. The first kappa shape index (κ1) is 31.1. The highest BCUT2D eigenvalue weighted by Crippen LogP contribution is 2.25. The molecule has 2 heterocycles. The number of rotatable bonds is 8. The summed E-state index contributed by atoms with van der Waals surface area (Å²) in [5.74, 6) is -0.101. The molecule has 11 heteroatoms. The number of hydrogen-bond acceptors (Lipinski definition) is 10. The molecule has 0 atom stereocenters. The molecule has 0 saturated heterocycles. The predicted octanol–water partition coefficient (Wildman–Crippen LogP) is 6.54. The van der Waals surface area contributed by atoms with Gasteiger partial charge in [0.2, 0.25) is 0 Å². The molecule has 0 aliphatic carbocycles. The molecule has 6 aromatic rings. The Balaban J connectivity index is 0.000000209. The summed E-state index contributed by atoms with van der Waals surface area (Å²) in [6.45, 7) is 2.12. The van der Waals surface area contributed by atoms with Gasteiger partial charge in [0.1, 0.15) is 51.9 Å². The van der Waals surface area contributed by atoms with E-state index in [2.05, 4.69) is 0 Å². The third-order valence-electron chi connectivity index (χ3n) is 6.44. The third kappa shape index (κ3) is 7.58. The smallest absolute Gasteiger partial charge is 0.351 e. The number of esters is 1. The highest BCUT2D eigenvalue weighted by molar-refractivity contribution is 5.93. The maximum Gasteiger partial charge on any atom is 0.351 e. The number of benzene rings is 4. The lowest BCUT2D eigenvalue weighted by Gasteiger charge is -2.10. The van der Waals surface area contributed by atoms with Gasteiger partial charge in [0.25, 0.3) is 0 Å². The van der Waals surface area contributed by atoms with Gasteiger partial charge < -0.3 is 33.3 Å². The van der Waals surface area contributed by atoms with Gasteiger partial charge in [-0.05, 0) is 73.2 Å². The van der Waals surface area contributed by atoms with E-state index in [4.69, 9.17) is 28.2 Å². The average Bonchev–Trinajstić information content (AvgIpc) is 3.04. The van der Waals surface area contributed by atoms with Crippen molar-refractivity contribution in [3.05, 3.63) is 141 Å². The van der Waals surface area contributed by atoms with Crippen LogP contribution in [0.4, 0.5) is 0 Å². The van der Waals surface area contributed by atoms with Crippen molar-refractivity contribution in [1.82, 2.24) is 0 Å². The second kappa shape index (κ2) is 14.0. The first-order valence-electron chi connectivity index (χ1n) is 13.9. The van der Waals surface area contributed by atoms with Crippen molar-refractivity contribution >= 4 is 33.9 Å². The zero-order valence-corrected chi connectivity index (χ0v) is 24.3. The summed E-state index contributed by atoms with van der Waals surface area (Å²) in [4.78, 5) is 45.7. The van der Waals surface area contributed by atoms with E-state index in [-0.39, 0.29) is 35.7 Å². The highest BCUT2D eigenvalue weighted by Gasteiger charge is 2.15. The van der Waals surface area contributed by atoms with Crippen LogP contribution in [-0.2, 0) is 11.3 Å². The van der Waals surface area contributed by atoms with Gasteiger partial charge in [-0.1, -0.05) is 30.3 Å². The molecule has 0 aliphatic heterocycles. The van der Waals surface area contributed by atoms with Crippen molar-refractivity contribution < 1.29 is 42.8 Å². The summed E-state index contributed by atoms with van der Waals surface area (Å²) in [6, 6.07) is 28.9. The second-order valence-corrected chi connectivity index (χ2v) is 9.69. The molecule has 0 bridgehead atoms. The Morgan fingerprint density at radius 3 is 2.07 bits per heavy atom. The van der Waals surface area contributed by atoms with Gasteiger partial charge in [0.05, 0.1) is 6.61 Å². The Morgan fingerprint density at radius 1 is 0.696 bits per heavy atom. The van der Waals surface area contributed by atoms with E-state index in [9.17, 15) is 24.3 Å². The number of ether oxygens (including phenoxy) is 3. The van der Waals surface area contributed by atoms with Crippen LogP contribution in [0.25, 0.3) is 21.9 Å². The van der Waals surface area contributed by atoms with Gasteiger partial charge in [0, 0.05) is 22.9 Å². The molecule has 232 valence electrons. The zero-order chi connectivity index (χ0) is 32.6. The number of carboxylic acids is 1. The SMILES string of the molecule is CCOC(=O)c1cc2ccc(O)cc2oc1=O.O=C(O)c1cc2ccc(OCc3cccc(Oc4ccccc4)c3)cc2oc1=O. The zero-order valence-electron chi connectivity index (χ0n) is 24.3. The summed E-state index contributed by atoms with van der Waals surface area (Å²) in [5, 5.41) is 19.3. The minimum atomic E-state index is -1.32. The monoisotopic (exact) mass is 622 g/mol. The second-order valence-electron chi connectivity index (χ2n) is 9.69. The van der Waals surface area contributed by atoms with Crippen molar-refractivity contribution in [2.45, 2.75) is 13.5 Å². The number of para-hydroxylation sites is 1. The van der Waals surface area contributed by atoms with Crippen LogP contribution >= 0.6 is 0 Å². The van der Waals surface area contributed by atoms with Crippen LogP contribution in [-0.4, -0.2) is 28.8 Å². The molecule has 0 fully saturated rings. The van der Waals surface area contributed by atoms with Gasteiger partial charge in [-0.15, -0.1) is 0 Å². The number of carbonyl (C=O) groups excluding carboxylic acids is 1. The molecule has 0 aliphatic rings. The molecule has 0 saturated carbocycles. The fourth-order valence-corrected chi connectivity index (χ4v) is 4.27. The number of carbonyl (C=O) groups is 2. The maximum absolute atomic E-state index is 11.8. The van der Waals surface area contributed by atoms with Crippen LogP contribution < -0.4 is 20.7 Å². The van der Waals surface area contributed by atoms with Crippen LogP contribution in [0.1, 0.15) is 33.2 Å². The quantitative estimate of drug-likeness (QED) is 0.140. The van der Waals surface area contributed by atoms with E-state index in [1.807, 2.05) is 54.6 Å². The van der Waals surface area contributed by atoms with Crippen LogP contribution in [0.2, 0.25) is 0 Å². The molecule has 2 N–H and O–H groups in total. The average molecular weight is 623 g/mol. The lowest BCUT2D eigenvalue weighted by atomic mass is 10.2. The molecule has 4 aromatic carbocycles. The van der Waals surface area contributed by atoms with Gasteiger partial charge in [-0.25, -0.2) is 19.2 Å². The summed E-state index contributed by atoms with van der Waals surface area (Å²) >= 11 is 0. The summed E-state index contributed by atoms with van der Waals surface area (Å²) in [5.41, 5.74) is -0.830. The van der Waals surface area contributed by atoms with E-state index >= 15 is 0 Å². The highest BCUT2D eigenvalue weighted by atomic mass is 16.5. The normalized spacial score (nSPS) is 10.5. The number of fused-ring (bicyclic) bond motifs is 2. The van der Waals surface area contributed by atoms with Crippen molar-refractivity contribution in [3.8, 4) is 23.0 Å². The standard InChI is InChI=1S/C23H16O6.C12H10O5/c24-22(25)20-12-16-9-10-18(13-21(16)29-23(20)26)27-14-15-5-4-8-19(11-15)28-17-6-2-1-3-7-17;1-2-16-11(14)9-5-7-3-4-8(13)6-10(7)17-12(9)15/h1-13H,14H2,(H,24,25);3-6,13H,2H2,1H3. The molecule has 11 nitrogen and oxygen atoms in total. The van der Waals surface area contributed by atoms with Gasteiger partial charge in [0.15, 0.2) is 0 Å². The Hall–Kier alpha value is -6.36. The maximum atomic E-state index is 11.8. The van der Waals surface area contributed by atoms with Crippen LogP contribution in [0.3, 0.4) is 0 Å². The van der Waals surface area contributed by atoms with Crippen LogP contribution in [0, 0.1) is 0 Å². The minimum Gasteiger partial charge on any atom is -0.508 e. The first-order valence-corrected chi connectivity index (χ1v) is 13.9. The Bertz CT molecular complexity index is 2150. The van der Waals surface area contributed by atoms with Crippen molar-refractivity contribution in [2.24, 2.45) is 0 Å². The summed E-state index contributed by atoms with van der Waals surface area (Å²) in [6.07, 6.45) is 0. The largest absolute Gasteiger partial charge is 0.508 e. The van der Waals surface area contributed by atoms with Gasteiger partial charge in [-0.3, -0.25) is 0 Å². The van der Waals surface area contributed by atoms with E-state index in [0.717, 1.165) is 11.3 Å². The molecule has 0 amide bonds. The summed E-state index contributed by atoms with van der Waals surface area (Å²) in [7, 11) is 0. The fraction of sp³-hybridized carbons (Fsp3) is 0.0857. The molecular weight excluding hydrogens is 596 g/mol. The summed E-state index contributed by atoms with van der Waals surface area (Å²) < 4.78 is 26.4. The molecule has 0 radical (unpaired) electrons. The number of aromatic hydroxyl groups is 1. The van der Waals surface area contributed by atoms with E-state index < -0.39 is 28.8 Å². The predicted molar refractivity (Wildman–Crippen MR) is 167 cm³/mol. The number of hydrogen-bond donors (Lipinski definition) is 2. The molecule has 0 unspecified atom stereocenters. The lowest BCUT2D eigenvalue weighted by molar-refractivity contribution is 0.0521. The minimum absolute atomic E-state index is 0.00969. The first-order chi connectivity index (χ1) is 22.2. The molecule has 6 rings (SSSR count). The third-order valence-corrected chi connectivity index (χ3v) is 6.44. The van der Waals surface area contributed by atoms with Crippen LogP contribution in [0.5, 0.6) is 23.0 Å². The topological polar surface area (TPSA) is 163 Å². The Labute approximate surface area is 260 Å². The molecule has 0 spiro atoms. The Morgan fingerprint density at radius 2 is 1.35 bits per heavy atom. The van der Waals surface area contributed by atoms with Gasteiger partial charge >= 0.3 is 23.2 Å². The van der Waals surface area contributed by atoms with Crippen LogP contribution in [0.15, 0.2) is 122 Å². The number of aromatic carboxylic acids is 1. The fourth-order valence-electron chi connectivity index (χ4n) is 4.27. The van der Waals surface area contributed by atoms with Gasteiger partial charge in [-0.2, -0.15) is 0 Å². The van der Waals surface area contributed by atoms with E-state index in [1.165, 1.54) is 24.3 Å². The van der Waals surface area contributed by atoms with E-state index in [1.54, 1.807) is 31.2 Å².